The smallest absolute Gasteiger partial charge is 0.270 e. The lowest BCUT2D eigenvalue weighted by molar-refractivity contribution is 0.0944. The van der Waals surface area contributed by atoms with E-state index in [4.69, 9.17) is 27.9 Å². The lowest BCUT2D eigenvalue weighted by Gasteiger charge is -2.10. The summed E-state index contributed by atoms with van der Waals surface area (Å²) in [5.74, 6) is 0.461. The molecular weight excluding hydrogens is 349 g/mol. The van der Waals surface area contributed by atoms with E-state index in [9.17, 15) is 4.79 Å². The number of nitrogens with one attached hydrogen (secondary N) is 1. The van der Waals surface area contributed by atoms with Gasteiger partial charge in [-0.05, 0) is 19.1 Å². The zero-order valence-corrected chi connectivity index (χ0v) is 14.6. The number of imidazole rings is 1. The molecule has 0 fully saturated rings. The number of hydrogen-bond donors (Lipinski definition) is 1. The number of aromatic nitrogens is 2. The molecule has 0 aliphatic heterocycles. The van der Waals surface area contributed by atoms with Gasteiger partial charge in [0.2, 0.25) is 0 Å². The van der Waals surface area contributed by atoms with Crippen molar-refractivity contribution >= 4 is 34.8 Å². The van der Waals surface area contributed by atoms with Crippen LogP contribution < -0.4 is 10.1 Å². The van der Waals surface area contributed by atoms with E-state index in [-0.39, 0.29) is 5.91 Å². The normalized spacial score (nSPS) is 10.8. The van der Waals surface area contributed by atoms with Crippen LogP contribution in [0.5, 0.6) is 5.75 Å². The molecule has 0 saturated heterocycles. The number of amides is 1. The first-order chi connectivity index (χ1) is 11.5. The van der Waals surface area contributed by atoms with Gasteiger partial charge in [0.05, 0.1) is 22.8 Å². The van der Waals surface area contributed by atoms with E-state index < -0.39 is 0 Å². The van der Waals surface area contributed by atoms with E-state index in [0.29, 0.717) is 33.6 Å². The average molecular weight is 364 g/mol. The molecule has 24 heavy (non-hydrogen) atoms. The van der Waals surface area contributed by atoms with Gasteiger partial charge in [-0.2, -0.15) is 0 Å². The van der Waals surface area contributed by atoms with Gasteiger partial charge in [-0.25, -0.2) is 4.98 Å². The van der Waals surface area contributed by atoms with Crippen LogP contribution in [0.4, 0.5) is 0 Å². The Bertz CT molecular complexity index is 922. The molecule has 0 spiro atoms. The van der Waals surface area contributed by atoms with Crippen LogP contribution in [0.2, 0.25) is 10.0 Å². The number of halogens is 2. The summed E-state index contributed by atoms with van der Waals surface area (Å²) in [6.45, 7) is 2.10. The molecule has 2 aromatic heterocycles. The Hall–Kier alpha value is -2.24. The SMILES string of the molecule is COc1ccccc1CNC(=O)c1c(C)nc2c(Cl)cc(Cl)cn12. The molecule has 2 heterocycles. The minimum atomic E-state index is -0.260. The molecule has 0 saturated carbocycles. The van der Waals surface area contributed by atoms with Crippen LogP contribution >= 0.6 is 23.2 Å². The van der Waals surface area contributed by atoms with Crippen LogP contribution in [-0.4, -0.2) is 22.4 Å². The van der Waals surface area contributed by atoms with E-state index in [0.717, 1.165) is 11.3 Å². The largest absolute Gasteiger partial charge is 0.496 e. The Morgan fingerprint density at radius 1 is 1.33 bits per heavy atom. The van der Waals surface area contributed by atoms with Crippen molar-refractivity contribution in [2.45, 2.75) is 13.5 Å². The topological polar surface area (TPSA) is 55.6 Å². The summed E-state index contributed by atoms with van der Waals surface area (Å²) in [6.07, 6.45) is 1.63. The highest BCUT2D eigenvalue weighted by atomic mass is 35.5. The molecule has 7 heteroatoms. The van der Waals surface area contributed by atoms with Crippen molar-refractivity contribution in [3.8, 4) is 5.75 Å². The third-order valence-electron chi connectivity index (χ3n) is 3.66. The summed E-state index contributed by atoms with van der Waals surface area (Å²) in [7, 11) is 1.60. The third-order valence-corrected chi connectivity index (χ3v) is 4.15. The Labute approximate surface area is 149 Å². The predicted octanol–water partition coefficient (Wildman–Crippen LogP) is 3.89. The highest BCUT2D eigenvalue weighted by Crippen LogP contribution is 2.24. The van der Waals surface area contributed by atoms with Crippen molar-refractivity contribution in [3.63, 3.8) is 0 Å². The van der Waals surface area contributed by atoms with Crippen molar-refractivity contribution in [1.82, 2.24) is 14.7 Å². The zero-order valence-electron chi connectivity index (χ0n) is 13.1. The number of pyridine rings is 1. The maximum atomic E-state index is 12.6. The van der Waals surface area contributed by atoms with Crippen molar-refractivity contribution in [2.24, 2.45) is 0 Å². The van der Waals surface area contributed by atoms with E-state index in [1.54, 1.807) is 30.7 Å². The number of hydrogen-bond acceptors (Lipinski definition) is 3. The van der Waals surface area contributed by atoms with Gasteiger partial charge in [-0.1, -0.05) is 41.4 Å². The lowest BCUT2D eigenvalue weighted by atomic mass is 10.2. The Kier molecular flexibility index (Phi) is 4.64. The van der Waals surface area contributed by atoms with E-state index >= 15 is 0 Å². The monoisotopic (exact) mass is 363 g/mol. The molecule has 0 radical (unpaired) electrons. The van der Waals surface area contributed by atoms with Gasteiger partial charge in [0.15, 0.2) is 5.65 Å². The number of carbonyl (C=O) groups excluding carboxylic acids is 1. The fourth-order valence-corrected chi connectivity index (χ4v) is 3.08. The Balaban J connectivity index is 1.90. The third kappa shape index (κ3) is 3.05. The van der Waals surface area contributed by atoms with Crippen LogP contribution in [0.25, 0.3) is 5.65 Å². The molecule has 1 amide bonds. The second-order valence-electron chi connectivity index (χ2n) is 5.24. The number of rotatable bonds is 4. The zero-order chi connectivity index (χ0) is 17.3. The van der Waals surface area contributed by atoms with E-state index in [1.165, 1.54) is 0 Å². The van der Waals surface area contributed by atoms with Gasteiger partial charge in [0.1, 0.15) is 11.4 Å². The molecular formula is C17H15Cl2N3O2. The highest BCUT2D eigenvalue weighted by Gasteiger charge is 2.18. The number of methoxy groups -OCH3 is 1. The molecule has 0 unspecified atom stereocenters. The molecule has 0 aliphatic carbocycles. The van der Waals surface area contributed by atoms with Crippen LogP contribution in [0, 0.1) is 6.92 Å². The summed E-state index contributed by atoms with van der Waals surface area (Å²) >= 11 is 12.2. The first kappa shape index (κ1) is 16.6. The van der Waals surface area contributed by atoms with Gasteiger partial charge in [0.25, 0.3) is 5.91 Å². The maximum Gasteiger partial charge on any atom is 0.270 e. The van der Waals surface area contributed by atoms with Crippen molar-refractivity contribution in [2.75, 3.05) is 7.11 Å². The minimum Gasteiger partial charge on any atom is -0.496 e. The van der Waals surface area contributed by atoms with Gasteiger partial charge in [-0.15, -0.1) is 0 Å². The first-order valence-electron chi connectivity index (χ1n) is 7.25. The van der Waals surface area contributed by atoms with Crippen LogP contribution in [0.15, 0.2) is 36.5 Å². The molecule has 0 atom stereocenters. The molecule has 1 aromatic carbocycles. The van der Waals surface area contributed by atoms with E-state index in [1.807, 2.05) is 24.3 Å². The number of fused-ring (bicyclic) bond motifs is 1. The number of aryl methyl sites for hydroxylation is 1. The van der Waals surface area contributed by atoms with Gasteiger partial charge >= 0.3 is 0 Å². The fraction of sp³-hybridized carbons (Fsp3) is 0.176. The summed E-state index contributed by atoms with van der Waals surface area (Å²) in [5.41, 5.74) is 2.37. The highest BCUT2D eigenvalue weighted by molar-refractivity contribution is 6.36. The summed E-state index contributed by atoms with van der Waals surface area (Å²) in [6, 6.07) is 9.11. The van der Waals surface area contributed by atoms with Crippen LogP contribution in [0.3, 0.4) is 0 Å². The van der Waals surface area contributed by atoms with Crippen LogP contribution in [-0.2, 0) is 6.54 Å². The van der Waals surface area contributed by atoms with Gasteiger partial charge in [0, 0.05) is 18.3 Å². The number of ether oxygens (including phenoxy) is 1. The lowest BCUT2D eigenvalue weighted by Crippen LogP contribution is -2.25. The number of carbonyl (C=O) groups is 1. The molecule has 3 aromatic rings. The summed E-state index contributed by atoms with van der Waals surface area (Å²) in [4.78, 5) is 17.0. The van der Waals surface area contributed by atoms with Crippen LogP contribution in [0.1, 0.15) is 21.7 Å². The maximum absolute atomic E-state index is 12.6. The quantitative estimate of drug-likeness (QED) is 0.764. The molecule has 0 aliphatic rings. The summed E-state index contributed by atoms with van der Waals surface area (Å²) in [5, 5.41) is 3.71. The average Bonchev–Trinajstić information content (AvgIpc) is 2.89. The second-order valence-corrected chi connectivity index (χ2v) is 6.08. The van der Waals surface area contributed by atoms with Gasteiger partial charge in [-0.3, -0.25) is 9.20 Å². The van der Waals surface area contributed by atoms with Crippen molar-refractivity contribution < 1.29 is 9.53 Å². The Morgan fingerprint density at radius 2 is 2.08 bits per heavy atom. The number of nitrogens with zero attached hydrogens (tertiary/aromatic N) is 2. The number of para-hydroxylation sites is 1. The Morgan fingerprint density at radius 3 is 2.83 bits per heavy atom. The molecule has 3 rings (SSSR count). The van der Waals surface area contributed by atoms with Crippen molar-refractivity contribution in [1.29, 1.82) is 0 Å². The molecule has 1 N–H and O–H groups in total. The standard InChI is InChI=1S/C17H15Cl2N3O2/c1-10-15(22-9-12(18)7-13(19)16(22)21-10)17(23)20-8-11-5-3-4-6-14(11)24-2/h3-7,9H,8H2,1-2H3,(H,20,23). The molecule has 5 nitrogen and oxygen atoms in total. The van der Waals surface area contributed by atoms with Gasteiger partial charge < -0.3 is 10.1 Å². The second kappa shape index (κ2) is 6.71. The fourth-order valence-electron chi connectivity index (χ4n) is 2.57. The summed E-state index contributed by atoms with van der Waals surface area (Å²) < 4.78 is 6.90. The predicted molar refractivity (Wildman–Crippen MR) is 94.1 cm³/mol. The van der Waals surface area contributed by atoms with E-state index in [2.05, 4.69) is 10.3 Å². The molecule has 124 valence electrons. The minimum absolute atomic E-state index is 0.260. The number of benzene rings is 1. The molecule has 0 bridgehead atoms. The first-order valence-corrected chi connectivity index (χ1v) is 8.00. The van der Waals surface area contributed by atoms with Crippen molar-refractivity contribution in [3.05, 3.63) is 63.5 Å².